The second kappa shape index (κ2) is 5.54. The molecule has 5 heteroatoms. The highest BCUT2D eigenvalue weighted by Gasteiger charge is 2.25. The van der Waals surface area contributed by atoms with E-state index in [0.29, 0.717) is 5.69 Å². The molecule has 2 aromatic rings. The first-order valence-corrected chi connectivity index (χ1v) is 6.65. The Labute approximate surface area is 123 Å². The van der Waals surface area contributed by atoms with Gasteiger partial charge in [-0.3, -0.25) is 10.7 Å². The Morgan fingerprint density at radius 1 is 0.857 bits per heavy atom. The van der Waals surface area contributed by atoms with Gasteiger partial charge >= 0.3 is 0 Å². The lowest BCUT2D eigenvalue weighted by Crippen LogP contribution is -2.19. The smallest absolute Gasteiger partial charge is 0.140 e. The molecule has 0 bridgehead atoms. The van der Waals surface area contributed by atoms with Crippen molar-refractivity contribution in [1.29, 1.82) is 0 Å². The molecule has 0 aliphatic rings. The van der Waals surface area contributed by atoms with Gasteiger partial charge in [-0.25, -0.2) is 0 Å². The molecule has 0 radical (unpaired) electrons. The summed E-state index contributed by atoms with van der Waals surface area (Å²) in [6.45, 7) is 4.07. The van der Waals surface area contributed by atoms with Crippen molar-refractivity contribution in [2.75, 3.05) is 17.8 Å². The fourth-order valence-corrected chi connectivity index (χ4v) is 2.31. The SMILES string of the molecule is CNc1cc(C(C)(C)c2ccc(O)c(NO)c2)ccc1O. The van der Waals surface area contributed by atoms with Gasteiger partial charge in [0.25, 0.3) is 0 Å². The molecule has 21 heavy (non-hydrogen) atoms. The molecule has 0 heterocycles. The maximum atomic E-state index is 9.75. The molecule has 0 spiro atoms. The van der Waals surface area contributed by atoms with Crippen molar-refractivity contribution in [2.24, 2.45) is 0 Å². The van der Waals surface area contributed by atoms with E-state index in [0.717, 1.165) is 11.1 Å². The highest BCUT2D eigenvalue weighted by atomic mass is 16.5. The third-order valence-electron chi connectivity index (χ3n) is 3.83. The zero-order valence-electron chi connectivity index (χ0n) is 12.3. The number of hydrogen-bond donors (Lipinski definition) is 5. The summed E-state index contributed by atoms with van der Waals surface area (Å²) in [5.74, 6) is 0.180. The highest BCUT2D eigenvalue weighted by Crippen LogP contribution is 2.37. The fraction of sp³-hybridized carbons (Fsp3) is 0.250. The molecule has 0 saturated carbocycles. The molecule has 0 aliphatic heterocycles. The molecule has 0 amide bonds. The minimum Gasteiger partial charge on any atom is -0.506 e. The van der Waals surface area contributed by atoms with Crippen LogP contribution in [0.4, 0.5) is 11.4 Å². The van der Waals surface area contributed by atoms with E-state index in [4.69, 9.17) is 5.21 Å². The molecule has 0 aliphatic carbocycles. The van der Waals surface area contributed by atoms with Gasteiger partial charge in [0.05, 0.1) is 5.69 Å². The maximum absolute atomic E-state index is 9.75. The van der Waals surface area contributed by atoms with Gasteiger partial charge in [-0.15, -0.1) is 0 Å². The van der Waals surface area contributed by atoms with E-state index >= 15 is 0 Å². The van der Waals surface area contributed by atoms with E-state index in [1.807, 2.05) is 37.5 Å². The van der Waals surface area contributed by atoms with Gasteiger partial charge in [-0.1, -0.05) is 26.0 Å². The van der Waals surface area contributed by atoms with Gasteiger partial charge < -0.3 is 15.5 Å². The number of benzene rings is 2. The van der Waals surface area contributed by atoms with Crippen molar-refractivity contribution < 1.29 is 15.4 Å². The van der Waals surface area contributed by atoms with Crippen LogP contribution in [-0.4, -0.2) is 22.5 Å². The first-order valence-electron chi connectivity index (χ1n) is 6.65. The topological polar surface area (TPSA) is 84.8 Å². The number of rotatable bonds is 4. The second-order valence-electron chi connectivity index (χ2n) is 5.45. The number of phenols is 2. The third kappa shape index (κ3) is 2.73. The normalized spacial score (nSPS) is 11.2. The summed E-state index contributed by atoms with van der Waals surface area (Å²) in [7, 11) is 1.75. The van der Waals surface area contributed by atoms with Gasteiger partial charge in [0.2, 0.25) is 0 Å². The summed E-state index contributed by atoms with van der Waals surface area (Å²) >= 11 is 0. The number of aromatic hydroxyl groups is 2. The standard InChI is InChI=1S/C16H20N2O3/c1-16(2,10-4-6-14(19)12(8-10)17-3)11-5-7-15(20)13(9-11)18-21/h4-9,17-21H,1-3H3. The van der Waals surface area contributed by atoms with E-state index < -0.39 is 0 Å². The van der Waals surface area contributed by atoms with Crippen LogP contribution in [-0.2, 0) is 5.41 Å². The zero-order valence-corrected chi connectivity index (χ0v) is 12.3. The molecule has 0 atom stereocenters. The lowest BCUT2D eigenvalue weighted by atomic mass is 9.78. The van der Waals surface area contributed by atoms with Crippen LogP contribution in [0.3, 0.4) is 0 Å². The minimum absolute atomic E-state index is 0.0151. The first-order chi connectivity index (χ1) is 9.90. The third-order valence-corrected chi connectivity index (χ3v) is 3.83. The molecule has 0 unspecified atom stereocenters. The molecular weight excluding hydrogens is 268 g/mol. The first kappa shape index (κ1) is 15.0. The Morgan fingerprint density at radius 2 is 1.33 bits per heavy atom. The lowest BCUT2D eigenvalue weighted by Gasteiger charge is -2.27. The molecule has 112 valence electrons. The molecule has 5 N–H and O–H groups in total. The fourth-order valence-electron chi connectivity index (χ4n) is 2.31. The highest BCUT2D eigenvalue weighted by molar-refractivity contribution is 5.61. The van der Waals surface area contributed by atoms with E-state index in [1.54, 1.807) is 19.2 Å². The quantitative estimate of drug-likeness (QED) is 0.440. The number of phenolic OH excluding ortho intramolecular Hbond substituents is 2. The Balaban J connectivity index is 2.50. The molecule has 0 saturated heterocycles. The molecule has 2 aromatic carbocycles. The second-order valence-corrected chi connectivity index (χ2v) is 5.45. The summed E-state index contributed by atoms with van der Waals surface area (Å²) in [6.07, 6.45) is 0. The van der Waals surface area contributed by atoms with Crippen molar-refractivity contribution in [3.05, 3.63) is 47.5 Å². The largest absolute Gasteiger partial charge is 0.506 e. The van der Waals surface area contributed by atoms with Crippen LogP contribution in [0.15, 0.2) is 36.4 Å². The minimum atomic E-state index is -0.363. The molecule has 2 rings (SSSR count). The summed E-state index contributed by atoms with van der Waals surface area (Å²) in [4.78, 5) is 0. The van der Waals surface area contributed by atoms with Gasteiger partial charge in [-0.2, -0.15) is 0 Å². The van der Waals surface area contributed by atoms with E-state index in [-0.39, 0.29) is 22.6 Å². The van der Waals surface area contributed by atoms with Crippen LogP contribution >= 0.6 is 0 Å². The van der Waals surface area contributed by atoms with Gasteiger partial charge in [0.15, 0.2) is 0 Å². The van der Waals surface area contributed by atoms with Crippen LogP contribution in [0.1, 0.15) is 25.0 Å². The predicted molar refractivity (Wildman–Crippen MR) is 83.3 cm³/mol. The van der Waals surface area contributed by atoms with Gasteiger partial charge in [0.1, 0.15) is 17.2 Å². The number of anilines is 2. The molecule has 0 fully saturated rings. The van der Waals surface area contributed by atoms with Crippen molar-refractivity contribution in [1.82, 2.24) is 0 Å². The van der Waals surface area contributed by atoms with E-state index in [1.165, 1.54) is 6.07 Å². The van der Waals surface area contributed by atoms with Gasteiger partial charge in [-0.05, 0) is 35.4 Å². The predicted octanol–water partition coefficient (Wildman–Crippen LogP) is 3.27. The monoisotopic (exact) mass is 288 g/mol. The van der Waals surface area contributed by atoms with Crippen LogP contribution < -0.4 is 10.8 Å². The van der Waals surface area contributed by atoms with Gasteiger partial charge in [0, 0.05) is 12.5 Å². The average molecular weight is 288 g/mol. The van der Waals surface area contributed by atoms with Crippen molar-refractivity contribution in [2.45, 2.75) is 19.3 Å². The summed E-state index contributed by atoms with van der Waals surface area (Å²) in [5, 5.41) is 31.4. The van der Waals surface area contributed by atoms with Crippen molar-refractivity contribution in [3.63, 3.8) is 0 Å². The molecular formula is C16H20N2O3. The Morgan fingerprint density at radius 3 is 1.81 bits per heavy atom. The Kier molecular flexibility index (Phi) is 3.95. The zero-order chi connectivity index (χ0) is 15.6. The molecule has 5 nitrogen and oxygen atoms in total. The Bertz CT molecular complexity index is 598. The van der Waals surface area contributed by atoms with Crippen molar-refractivity contribution in [3.8, 4) is 11.5 Å². The average Bonchev–Trinajstić information content (AvgIpc) is 2.47. The van der Waals surface area contributed by atoms with Crippen LogP contribution in [0, 0.1) is 0 Å². The Hall–Kier alpha value is -2.40. The number of hydrogen-bond acceptors (Lipinski definition) is 5. The van der Waals surface area contributed by atoms with E-state index in [9.17, 15) is 10.2 Å². The van der Waals surface area contributed by atoms with E-state index in [2.05, 4.69) is 5.32 Å². The van der Waals surface area contributed by atoms with Crippen molar-refractivity contribution >= 4 is 11.4 Å². The van der Waals surface area contributed by atoms with Crippen LogP contribution in [0.2, 0.25) is 0 Å². The van der Waals surface area contributed by atoms with Crippen LogP contribution in [0.25, 0.3) is 0 Å². The number of nitrogens with one attached hydrogen (secondary N) is 2. The molecule has 0 aromatic heterocycles. The lowest BCUT2D eigenvalue weighted by molar-refractivity contribution is 0.381. The summed E-state index contributed by atoms with van der Waals surface area (Å²) < 4.78 is 0. The maximum Gasteiger partial charge on any atom is 0.140 e. The summed E-state index contributed by atoms with van der Waals surface area (Å²) in [6, 6.07) is 10.4. The van der Waals surface area contributed by atoms with Crippen LogP contribution in [0.5, 0.6) is 11.5 Å². The summed E-state index contributed by atoms with van der Waals surface area (Å²) in [5.41, 5.74) is 4.46.